The zero-order chi connectivity index (χ0) is 13.2. The fraction of sp³-hybridized carbons (Fsp3) is 0.714. The maximum absolute atomic E-state index is 12.5. The van der Waals surface area contributed by atoms with Crippen LogP contribution in [0.15, 0.2) is 17.2 Å². The van der Waals surface area contributed by atoms with Crippen molar-refractivity contribution in [3.63, 3.8) is 0 Å². The molecule has 0 radical (unpaired) electrons. The first-order valence-corrected chi connectivity index (χ1v) is 7.35. The monoisotopic (exact) mass is 262 g/mol. The van der Waals surface area contributed by atoms with Gasteiger partial charge in [-0.05, 0) is 45.1 Å². The number of aromatic nitrogens is 2. The molecule has 2 fully saturated rings. The first-order valence-electron chi connectivity index (χ1n) is 7.35. The molecule has 2 aliphatic rings. The summed E-state index contributed by atoms with van der Waals surface area (Å²) in [7, 11) is 0. The summed E-state index contributed by atoms with van der Waals surface area (Å²) in [5, 5.41) is 0. The molecule has 0 amide bonds. The van der Waals surface area contributed by atoms with Gasteiger partial charge in [0, 0.05) is 31.0 Å². The second kappa shape index (κ2) is 5.33. The van der Waals surface area contributed by atoms with Gasteiger partial charge in [0.25, 0.3) is 5.56 Å². The highest BCUT2D eigenvalue weighted by molar-refractivity contribution is 5.39. The highest BCUT2D eigenvalue weighted by Crippen LogP contribution is 2.33. The van der Waals surface area contributed by atoms with Gasteiger partial charge in [-0.25, -0.2) is 4.98 Å². The molecule has 19 heavy (non-hydrogen) atoms. The van der Waals surface area contributed by atoms with E-state index in [2.05, 4.69) is 9.88 Å². The number of anilines is 1. The van der Waals surface area contributed by atoms with E-state index in [0.717, 1.165) is 51.6 Å². The number of hydrogen-bond donors (Lipinski definition) is 1. The lowest BCUT2D eigenvalue weighted by molar-refractivity contribution is 0.576. The second-order valence-corrected chi connectivity index (χ2v) is 5.61. The molecule has 0 spiro atoms. The average molecular weight is 262 g/mol. The van der Waals surface area contributed by atoms with Gasteiger partial charge in [-0.3, -0.25) is 4.79 Å². The number of nitrogens with zero attached hydrogens (tertiary/aromatic N) is 3. The van der Waals surface area contributed by atoms with E-state index in [1.54, 1.807) is 6.20 Å². The predicted octanol–water partition coefficient (Wildman–Crippen LogP) is 1.29. The molecule has 1 aromatic heterocycles. The first kappa shape index (κ1) is 12.7. The van der Waals surface area contributed by atoms with E-state index in [9.17, 15) is 4.79 Å². The Hall–Kier alpha value is -1.36. The lowest BCUT2D eigenvalue weighted by Gasteiger charge is -2.25. The summed E-state index contributed by atoms with van der Waals surface area (Å²) >= 11 is 0. The summed E-state index contributed by atoms with van der Waals surface area (Å²) in [4.78, 5) is 19.0. The predicted molar refractivity (Wildman–Crippen MR) is 75.4 cm³/mol. The van der Waals surface area contributed by atoms with Gasteiger partial charge in [0.05, 0.1) is 0 Å². The van der Waals surface area contributed by atoms with Gasteiger partial charge in [-0.1, -0.05) is 0 Å². The third-order valence-corrected chi connectivity index (χ3v) is 4.18. The van der Waals surface area contributed by atoms with Crippen molar-refractivity contribution >= 4 is 5.82 Å². The van der Waals surface area contributed by atoms with Crippen LogP contribution < -0.4 is 16.2 Å². The van der Waals surface area contributed by atoms with Gasteiger partial charge in [-0.15, -0.1) is 0 Å². The van der Waals surface area contributed by atoms with Gasteiger partial charge in [0.1, 0.15) is 0 Å². The number of hydrogen-bond acceptors (Lipinski definition) is 4. The first-order chi connectivity index (χ1) is 9.31. The van der Waals surface area contributed by atoms with Gasteiger partial charge in [0.15, 0.2) is 5.82 Å². The molecule has 5 heteroatoms. The molecule has 2 heterocycles. The fourth-order valence-electron chi connectivity index (χ4n) is 3.02. The Kier molecular flexibility index (Phi) is 3.55. The SMILES string of the molecule is NCCCC1CCCN1c1nccn(C2CC2)c1=O. The quantitative estimate of drug-likeness (QED) is 0.868. The maximum atomic E-state index is 12.5. The smallest absolute Gasteiger partial charge is 0.293 e. The Labute approximate surface area is 113 Å². The van der Waals surface area contributed by atoms with Crippen LogP contribution in [0.25, 0.3) is 0 Å². The minimum absolute atomic E-state index is 0.0876. The molecule has 104 valence electrons. The van der Waals surface area contributed by atoms with E-state index < -0.39 is 0 Å². The van der Waals surface area contributed by atoms with Gasteiger partial charge < -0.3 is 15.2 Å². The molecule has 1 aliphatic heterocycles. The zero-order valence-electron chi connectivity index (χ0n) is 11.3. The average Bonchev–Trinajstić information content (AvgIpc) is 3.16. The van der Waals surface area contributed by atoms with Crippen molar-refractivity contribution in [1.29, 1.82) is 0 Å². The molecule has 2 N–H and O–H groups in total. The molecule has 1 saturated carbocycles. The van der Waals surface area contributed by atoms with Crippen molar-refractivity contribution in [3.05, 3.63) is 22.7 Å². The molecular formula is C14H22N4O. The maximum Gasteiger partial charge on any atom is 0.293 e. The molecule has 1 aliphatic carbocycles. The lowest BCUT2D eigenvalue weighted by atomic mass is 10.1. The van der Waals surface area contributed by atoms with Crippen molar-refractivity contribution in [2.75, 3.05) is 18.0 Å². The normalized spacial score (nSPS) is 23.0. The van der Waals surface area contributed by atoms with E-state index >= 15 is 0 Å². The Bertz CT molecular complexity index is 494. The van der Waals surface area contributed by atoms with E-state index in [0.29, 0.717) is 17.9 Å². The van der Waals surface area contributed by atoms with Crippen molar-refractivity contribution in [1.82, 2.24) is 9.55 Å². The van der Waals surface area contributed by atoms with Crippen LogP contribution >= 0.6 is 0 Å². The van der Waals surface area contributed by atoms with Crippen LogP contribution in [-0.4, -0.2) is 28.7 Å². The molecule has 5 nitrogen and oxygen atoms in total. The molecule has 1 atom stereocenters. The van der Waals surface area contributed by atoms with Crippen LogP contribution in [0.5, 0.6) is 0 Å². The van der Waals surface area contributed by atoms with Gasteiger partial charge in [-0.2, -0.15) is 0 Å². The lowest BCUT2D eigenvalue weighted by Crippen LogP contribution is -2.36. The Morgan fingerprint density at radius 1 is 1.37 bits per heavy atom. The van der Waals surface area contributed by atoms with Crippen LogP contribution in [0.2, 0.25) is 0 Å². The van der Waals surface area contributed by atoms with Gasteiger partial charge in [0.2, 0.25) is 0 Å². The highest BCUT2D eigenvalue weighted by atomic mass is 16.1. The second-order valence-electron chi connectivity index (χ2n) is 5.61. The largest absolute Gasteiger partial charge is 0.349 e. The number of rotatable bonds is 5. The highest BCUT2D eigenvalue weighted by Gasteiger charge is 2.30. The van der Waals surface area contributed by atoms with Crippen molar-refractivity contribution < 1.29 is 0 Å². The van der Waals surface area contributed by atoms with Crippen LogP contribution in [-0.2, 0) is 0 Å². The summed E-state index contributed by atoms with van der Waals surface area (Å²) in [6.45, 7) is 1.67. The van der Waals surface area contributed by atoms with Crippen LogP contribution in [0.3, 0.4) is 0 Å². The Balaban J connectivity index is 1.84. The van der Waals surface area contributed by atoms with E-state index in [1.165, 1.54) is 0 Å². The van der Waals surface area contributed by atoms with Crippen molar-refractivity contribution in [3.8, 4) is 0 Å². The third kappa shape index (κ3) is 2.52. The van der Waals surface area contributed by atoms with Crippen molar-refractivity contribution in [2.45, 2.75) is 50.6 Å². The molecule has 0 aromatic carbocycles. The molecule has 1 aromatic rings. The topological polar surface area (TPSA) is 64.2 Å². The summed E-state index contributed by atoms with van der Waals surface area (Å²) in [5.74, 6) is 0.647. The molecule has 0 bridgehead atoms. The molecule has 1 unspecified atom stereocenters. The number of nitrogens with two attached hydrogens (primary N) is 1. The minimum Gasteiger partial charge on any atom is -0.349 e. The van der Waals surface area contributed by atoms with E-state index in [1.807, 2.05) is 10.8 Å². The van der Waals surface area contributed by atoms with E-state index in [-0.39, 0.29) is 5.56 Å². The molecule has 1 saturated heterocycles. The summed E-state index contributed by atoms with van der Waals surface area (Å²) < 4.78 is 1.86. The fourth-order valence-corrected chi connectivity index (χ4v) is 3.02. The van der Waals surface area contributed by atoms with Crippen LogP contribution in [0, 0.1) is 0 Å². The Morgan fingerprint density at radius 3 is 2.95 bits per heavy atom. The summed E-state index contributed by atoms with van der Waals surface area (Å²) in [5.41, 5.74) is 5.68. The molecule has 3 rings (SSSR count). The van der Waals surface area contributed by atoms with Crippen LogP contribution in [0.4, 0.5) is 5.82 Å². The van der Waals surface area contributed by atoms with E-state index in [4.69, 9.17) is 5.73 Å². The summed E-state index contributed by atoms with van der Waals surface area (Å²) in [6, 6.07) is 0.859. The van der Waals surface area contributed by atoms with Gasteiger partial charge >= 0.3 is 0 Å². The molecular weight excluding hydrogens is 240 g/mol. The van der Waals surface area contributed by atoms with Crippen molar-refractivity contribution in [2.24, 2.45) is 5.73 Å². The van der Waals surface area contributed by atoms with Crippen LogP contribution in [0.1, 0.15) is 44.6 Å². The standard InChI is InChI=1S/C14H22N4O/c15-7-1-3-11-4-2-9-17(11)13-14(19)18(10-8-16-13)12-5-6-12/h8,10-12H,1-7,9,15H2. The third-order valence-electron chi connectivity index (χ3n) is 4.18. The minimum atomic E-state index is 0.0876. The Morgan fingerprint density at radius 2 is 2.21 bits per heavy atom. The zero-order valence-corrected chi connectivity index (χ0v) is 11.3. The summed E-state index contributed by atoms with van der Waals surface area (Å²) in [6.07, 6.45) is 10.2.